The fraction of sp³-hybridized carbons (Fsp3) is 0.222. The van der Waals surface area contributed by atoms with E-state index in [9.17, 15) is 9.59 Å². The molecule has 1 aliphatic heterocycles. The summed E-state index contributed by atoms with van der Waals surface area (Å²) in [6.07, 6.45) is 4.23. The van der Waals surface area contributed by atoms with E-state index < -0.39 is 0 Å². The van der Waals surface area contributed by atoms with Crippen LogP contribution in [0.25, 0.3) is 54.2 Å². The molecule has 6 aromatic carbocycles. The van der Waals surface area contributed by atoms with Crippen LogP contribution in [0.2, 0.25) is 0 Å². The molecule has 0 saturated heterocycles. The summed E-state index contributed by atoms with van der Waals surface area (Å²) >= 11 is 0. The summed E-state index contributed by atoms with van der Waals surface area (Å²) in [4.78, 5) is 29.0. The maximum Gasteiger partial charge on any atom is 0.261 e. The third-order valence-corrected chi connectivity index (χ3v) is 8.79. The van der Waals surface area contributed by atoms with Crippen LogP contribution in [0.4, 0.5) is 0 Å². The summed E-state index contributed by atoms with van der Waals surface area (Å²) in [5.41, 5.74) is 3.44. The number of amides is 2. The SMILES string of the molecule is CCCC[C@H](CC)CN1C(=O)c2cccc3c(-c4ccc5ccc6cccc7ccc4c5c67)ccc(c23)C1=O. The molecule has 6 aromatic rings. The molecule has 0 N–H and O–H groups in total. The topological polar surface area (TPSA) is 37.4 Å². The lowest BCUT2D eigenvalue weighted by Crippen LogP contribution is -2.43. The first-order valence-electron chi connectivity index (χ1n) is 14.2. The Morgan fingerprint density at radius 2 is 1.15 bits per heavy atom. The molecule has 0 fully saturated rings. The van der Waals surface area contributed by atoms with Gasteiger partial charge in [-0.05, 0) is 73.3 Å². The van der Waals surface area contributed by atoms with Gasteiger partial charge in [-0.15, -0.1) is 0 Å². The monoisotopic (exact) mass is 509 g/mol. The lowest BCUT2D eigenvalue weighted by Gasteiger charge is -2.30. The van der Waals surface area contributed by atoms with Crippen molar-refractivity contribution in [2.45, 2.75) is 39.5 Å². The van der Waals surface area contributed by atoms with Crippen molar-refractivity contribution in [1.82, 2.24) is 4.90 Å². The molecule has 0 saturated carbocycles. The van der Waals surface area contributed by atoms with E-state index in [0.29, 0.717) is 23.6 Å². The van der Waals surface area contributed by atoms with Gasteiger partial charge >= 0.3 is 0 Å². The van der Waals surface area contributed by atoms with E-state index in [1.165, 1.54) is 37.2 Å². The molecule has 1 aliphatic rings. The number of hydrogen-bond donors (Lipinski definition) is 0. The fourth-order valence-corrected chi connectivity index (χ4v) is 6.69. The second-order valence-electron chi connectivity index (χ2n) is 11.0. The van der Waals surface area contributed by atoms with E-state index in [-0.39, 0.29) is 11.8 Å². The molecule has 0 aliphatic carbocycles. The van der Waals surface area contributed by atoms with Gasteiger partial charge in [0.2, 0.25) is 0 Å². The molecule has 2 amide bonds. The van der Waals surface area contributed by atoms with Gasteiger partial charge in [-0.1, -0.05) is 106 Å². The largest absolute Gasteiger partial charge is 0.274 e. The van der Waals surface area contributed by atoms with Gasteiger partial charge in [-0.2, -0.15) is 0 Å². The highest BCUT2D eigenvalue weighted by Gasteiger charge is 2.34. The van der Waals surface area contributed by atoms with Crippen molar-refractivity contribution in [3.63, 3.8) is 0 Å². The minimum Gasteiger partial charge on any atom is -0.274 e. The Morgan fingerprint density at radius 1 is 0.590 bits per heavy atom. The van der Waals surface area contributed by atoms with Crippen molar-refractivity contribution >= 4 is 54.9 Å². The molecule has 0 spiro atoms. The lowest BCUT2D eigenvalue weighted by molar-refractivity contribution is 0.0580. The standard InChI is InChI=1S/C36H31NO2/c1-3-5-8-22(4-2)21-37-35(38)30-12-7-11-28-27(19-20-31(34(28)30)36(37)39)26-17-15-25-14-13-23-9-6-10-24-16-18-29(26)33(25)32(23)24/h6-7,9-20,22H,3-5,8,21H2,1-2H3/t22-/m0/s1. The highest BCUT2D eigenvalue weighted by atomic mass is 16.2. The summed E-state index contributed by atoms with van der Waals surface area (Å²) in [5, 5.41) is 9.17. The van der Waals surface area contributed by atoms with E-state index in [2.05, 4.69) is 80.6 Å². The Bertz CT molecular complexity index is 1880. The normalized spacial score (nSPS) is 14.4. The summed E-state index contributed by atoms with van der Waals surface area (Å²) in [6.45, 7) is 4.82. The van der Waals surface area contributed by atoms with E-state index >= 15 is 0 Å². The van der Waals surface area contributed by atoms with Gasteiger partial charge in [0.05, 0.1) is 0 Å². The van der Waals surface area contributed by atoms with E-state index in [1.54, 1.807) is 0 Å². The van der Waals surface area contributed by atoms with Crippen LogP contribution < -0.4 is 0 Å². The quantitative estimate of drug-likeness (QED) is 0.159. The number of imide groups is 1. The minimum absolute atomic E-state index is 0.166. The molecule has 3 heteroatoms. The smallest absolute Gasteiger partial charge is 0.261 e. The molecule has 192 valence electrons. The molecule has 0 bridgehead atoms. The maximum absolute atomic E-state index is 13.7. The first kappa shape index (κ1) is 23.8. The fourth-order valence-electron chi connectivity index (χ4n) is 6.69. The van der Waals surface area contributed by atoms with Gasteiger partial charge in [0.1, 0.15) is 0 Å². The zero-order chi connectivity index (χ0) is 26.7. The van der Waals surface area contributed by atoms with Gasteiger partial charge in [0.15, 0.2) is 0 Å². The number of hydrogen-bond acceptors (Lipinski definition) is 2. The van der Waals surface area contributed by atoms with Crippen molar-refractivity contribution in [2.75, 3.05) is 6.54 Å². The molecule has 0 radical (unpaired) electrons. The van der Waals surface area contributed by atoms with Gasteiger partial charge in [0.25, 0.3) is 11.8 Å². The molecule has 0 unspecified atom stereocenters. The van der Waals surface area contributed by atoms with Crippen molar-refractivity contribution < 1.29 is 9.59 Å². The highest BCUT2D eigenvalue weighted by Crippen LogP contribution is 2.43. The van der Waals surface area contributed by atoms with Crippen molar-refractivity contribution in [3.05, 3.63) is 96.1 Å². The minimum atomic E-state index is -0.166. The Morgan fingerprint density at radius 3 is 1.87 bits per heavy atom. The highest BCUT2D eigenvalue weighted by molar-refractivity contribution is 6.29. The second kappa shape index (κ2) is 9.20. The van der Waals surface area contributed by atoms with Crippen molar-refractivity contribution in [1.29, 1.82) is 0 Å². The number of rotatable bonds is 7. The van der Waals surface area contributed by atoms with Crippen molar-refractivity contribution in [2.24, 2.45) is 5.92 Å². The summed E-state index contributed by atoms with van der Waals surface area (Å²) < 4.78 is 0. The zero-order valence-electron chi connectivity index (χ0n) is 22.5. The third kappa shape index (κ3) is 3.56. The van der Waals surface area contributed by atoms with Crippen LogP contribution in [-0.4, -0.2) is 23.3 Å². The van der Waals surface area contributed by atoms with Crippen molar-refractivity contribution in [3.8, 4) is 11.1 Å². The number of carbonyl (C=O) groups is 2. The summed E-state index contributed by atoms with van der Waals surface area (Å²) in [6, 6.07) is 29.6. The van der Waals surface area contributed by atoms with Gasteiger partial charge in [-0.3, -0.25) is 14.5 Å². The summed E-state index contributed by atoms with van der Waals surface area (Å²) in [5.74, 6) is -0.00348. The molecular formula is C36H31NO2. The van der Waals surface area contributed by atoms with Crippen LogP contribution >= 0.6 is 0 Å². The van der Waals surface area contributed by atoms with Crippen LogP contribution in [0.3, 0.4) is 0 Å². The Balaban J connectivity index is 1.40. The molecule has 0 aromatic heterocycles. The van der Waals surface area contributed by atoms with Gasteiger partial charge < -0.3 is 0 Å². The van der Waals surface area contributed by atoms with Crippen LogP contribution in [0.15, 0.2) is 84.9 Å². The molecule has 1 heterocycles. The molecule has 7 rings (SSSR count). The molecule has 1 atom stereocenters. The second-order valence-corrected chi connectivity index (χ2v) is 11.0. The van der Waals surface area contributed by atoms with Crippen LogP contribution in [-0.2, 0) is 0 Å². The van der Waals surface area contributed by atoms with Crippen LogP contribution in [0, 0.1) is 5.92 Å². The first-order valence-corrected chi connectivity index (χ1v) is 14.2. The molecule has 39 heavy (non-hydrogen) atoms. The Hall–Kier alpha value is -4.24. The predicted molar refractivity (Wildman–Crippen MR) is 162 cm³/mol. The van der Waals surface area contributed by atoms with E-state index in [4.69, 9.17) is 0 Å². The predicted octanol–water partition coefficient (Wildman–Crippen LogP) is 9.22. The number of unbranched alkanes of at least 4 members (excludes halogenated alkanes) is 1. The van der Waals surface area contributed by atoms with E-state index in [0.717, 1.165) is 47.6 Å². The van der Waals surface area contributed by atoms with Gasteiger partial charge in [-0.25, -0.2) is 0 Å². The molecular weight excluding hydrogens is 478 g/mol. The third-order valence-electron chi connectivity index (χ3n) is 8.79. The Labute approximate surface area is 228 Å². The molecule has 3 nitrogen and oxygen atoms in total. The number of benzene rings is 6. The zero-order valence-corrected chi connectivity index (χ0v) is 22.5. The first-order chi connectivity index (χ1) is 19.1. The Kier molecular flexibility index (Phi) is 5.62. The van der Waals surface area contributed by atoms with E-state index in [1.807, 2.05) is 18.2 Å². The van der Waals surface area contributed by atoms with Crippen LogP contribution in [0.5, 0.6) is 0 Å². The maximum atomic E-state index is 13.7. The summed E-state index contributed by atoms with van der Waals surface area (Å²) in [7, 11) is 0. The lowest BCUT2D eigenvalue weighted by atomic mass is 9.85. The average Bonchev–Trinajstić information content (AvgIpc) is 2.98. The number of nitrogens with zero attached hydrogens (tertiary/aromatic N) is 1. The van der Waals surface area contributed by atoms with Crippen LogP contribution in [0.1, 0.15) is 60.2 Å². The number of carbonyl (C=O) groups excluding carboxylic acids is 2. The van der Waals surface area contributed by atoms with Gasteiger partial charge in [0, 0.05) is 23.1 Å². The average molecular weight is 510 g/mol.